The van der Waals surface area contributed by atoms with Gasteiger partial charge >= 0.3 is 16.2 Å². The summed E-state index contributed by atoms with van der Waals surface area (Å²) in [4.78, 5) is 37.4. The van der Waals surface area contributed by atoms with Crippen LogP contribution in [-0.4, -0.2) is 110 Å². The molecule has 2 saturated heterocycles. The number of fused-ring (bicyclic) bond motifs is 1. The van der Waals surface area contributed by atoms with Crippen LogP contribution >= 0.6 is 0 Å². The van der Waals surface area contributed by atoms with Gasteiger partial charge in [-0.1, -0.05) is 12.1 Å². The van der Waals surface area contributed by atoms with Crippen LogP contribution in [0.25, 0.3) is 22.2 Å². The number of nitrogens with one attached hydrogen (secondary N) is 2. The monoisotopic (exact) mass is 756 g/mol. The fourth-order valence-corrected chi connectivity index (χ4v) is 7.71. The third kappa shape index (κ3) is 9.18. The summed E-state index contributed by atoms with van der Waals surface area (Å²) in [6.45, 7) is 9.73. The predicted octanol–water partition coefficient (Wildman–Crippen LogP) is 5.31. The number of carbonyl (C=O) groups excluding carboxylic acids is 2. The number of anilines is 2. The van der Waals surface area contributed by atoms with Crippen LogP contribution in [0, 0.1) is 11.6 Å². The molecule has 0 radical (unpaired) electrons. The first-order valence-electron chi connectivity index (χ1n) is 17.5. The van der Waals surface area contributed by atoms with Crippen molar-refractivity contribution in [2.24, 2.45) is 0 Å². The number of halogens is 3. The van der Waals surface area contributed by atoms with Crippen molar-refractivity contribution >= 4 is 44.4 Å². The van der Waals surface area contributed by atoms with E-state index in [-0.39, 0.29) is 37.6 Å². The molecule has 12 nitrogen and oxygen atoms in total. The summed E-state index contributed by atoms with van der Waals surface area (Å²) in [5.41, 5.74) is 0.739. The van der Waals surface area contributed by atoms with Crippen molar-refractivity contribution in [2.45, 2.75) is 45.4 Å². The van der Waals surface area contributed by atoms with Gasteiger partial charge in [-0.05, 0) is 69.5 Å². The van der Waals surface area contributed by atoms with Crippen LogP contribution in [0.2, 0.25) is 0 Å². The Morgan fingerprint density at radius 3 is 2.43 bits per heavy atom. The summed E-state index contributed by atoms with van der Waals surface area (Å²) in [6, 6.07) is 11.3. The minimum absolute atomic E-state index is 0.00804. The van der Waals surface area contributed by atoms with Crippen LogP contribution < -0.4 is 9.62 Å². The highest BCUT2D eigenvalue weighted by molar-refractivity contribution is 7.90. The van der Waals surface area contributed by atoms with Crippen LogP contribution in [0.5, 0.6) is 0 Å². The maximum Gasteiger partial charge on any atom is 0.332 e. The SMILES string of the molecule is CC(C)(C)OC(=O)COCCCN1CCN(c2ccc(-c3cnc4[nH]cc(C(=O)c5c(F)ccc(NS(=O)(=O)N6CCC(F)C6)c5F)c4c3)cc2)CC1. The van der Waals surface area contributed by atoms with Crippen molar-refractivity contribution in [3.8, 4) is 11.1 Å². The number of carbonyl (C=O) groups is 2. The van der Waals surface area contributed by atoms with Gasteiger partial charge in [-0.2, -0.15) is 12.7 Å². The molecule has 4 heterocycles. The highest BCUT2D eigenvalue weighted by Gasteiger charge is 2.33. The Hall–Kier alpha value is -4.51. The fourth-order valence-electron chi connectivity index (χ4n) is 6.44. The summed E-state index contributed by atoms with van der Waals surface area (Å²) in [5.74, 6) is -3.92. The Labute approximate surface area is 306 Å². The van der Waals surface area contributed by atoms with Gasteiger partial charge in [-0.15, -0.1) is 0 Å². The summed E-state index contributed by atoms with van der Waals surface area (Å²) in [5, 5.41) is 0.332. The molecule has 0 bridgehead atoms. The fraction of sp³-hybridized carbons (Fsp3) is 0.432. The normalized spacial score (nSPS) is 17.4. The van der Waals surface area contributed by atoms with Gasteiger partial charge in [0.2, 0.25) is 5.78 Å². The number of ether oxygens (including phenoxy) is 2. The van der Waals surface area contributed by atoms with E-state index in [9.17, 15) is 22.4 Å². The predicted molar refractivity (Wildman–Crippen MR) is 195 cm³/mol. The molecule has 284 valence electrons. The zero-order chi connectivity index (χ0) is 37.9. The van der Waals surface area contributed by atoms with Crippen molar-refractivity contribution in [2.75, 3.05) is 68.6 Å². The van der Waals surface area contributed by atoms with Crippen LogP contribution in [-0.2, 0) is 24.5 Å². The molecular formula is C37H43F3N6O6S. The van der Waals surface area contributed by atoms with E-state index in [1.165, 1.54) is 6.20 Å². The molecule has 2 aliphatic rings. The first-order valence-corrected chi connectivity index (χ1v) is 18.9. The lowest BCUT2D eigenvalue weighted by Gasteiger charge is -2.36. The van der Waals surface area contributed by atoms with Crippen molar-refractivity contribution in [3.05, 3.63) is 77.6 Å². The second kappa shape index (κ2) is 15.8. The molecule has 2 aliphatic heterocycles. The Bertz CT molecular complexity index is 2060. The van der Waals surface area contributed by atoms with Crippen LogP contribution in [0.4, 0.5) is 24.5 Å². The largest absolute Gasteiger partial charge is 0.458 e. The lowest BCUT2D eigenvalue weighted by atomic mass is 9.99. The lowest BCUT2D eigenvalue weighted by Crippen LogP contribution is -2.46. The molecule has 4 aromatic rings. The van der Waals surface area contributed by atoms with E-state index in [1.54, 1.807) is 12.3 Å². The maximum absolute atomic E-state index is 15.6. The number of aromatic nitrogens is 2. The molecule has 6 rings (SSSR count). The number of hydrogen-bond acceptors (Lipinski definition) is 9. The van der Waals surface area contributed by atoms with Gasteiger partial charge in [0.15, 0.2) is 5.82 Å². The van der Waals surface area contributed by atoms with E-state index in [0.29, 0.717) is 23.2 Å². The van der Waals surface area contributed by atoms with E-state index in [4.69, 9.17) is 9.47 Å². The third-order valence-corrected chi connectivity index (χ3v) is 10.6. The number of ketones is 1. The van der Waals surface area contributed by atoms with Gasteiger partial charge < -0.3 is 19.4 Å². The number of hydrogen-bond donors (Lipinski definition) is 2. The molecular weight excluding hydrogens is 714 g/mol. The minimum Gasteiger partial charge on any atom is -0.458 e. The number of H-pyrrole nitrogens is 1. The zero-order valence-electron chi connectivity index (χ0n) is 29.8. The molecule has 0 saturated carbocycles. The number of nitrogens with zero attached hydrogens (tertiary/aromatic N) is 4. The van der Waals surface area contributed by atoms with Crippen molar-refractivity contribution < 1.29 is 40.7 Å². The van der Waals surface area contributed by atoms with Crippen LogP contribution in [0.1, 0.15) is 49.5 Å². The van der Waals surface area contributed by atoms with E-state index in [2.05, 4.69) is 19.8 Å². The summed E-state index contributed by atoms with van der Waals surface area (Å²) < 4.78 is 83.4. The first kappa shape index (κ1) is 38.2. The molecule has 0 spiro atoms. The molecule has 2 N–H and O–H groups in total. The Balaban J connectivity index is 1.08. The van der Waals surface area contributed by atoms with Crippen molar-refractivity contribution in [1.82, 2.24) is 19.2 Å². The van der Waals surface area contributed by atoms with Gasteiger partial charge in [0.1, 0.15) is 29.8 Å². The molecule has 0 amide bonds. The number of piperazine rings is 1. The average molecular weight is 757 g/mol. The second-order valence-corrected chi connectivity index (χ2v) is 15.8. The topological polar surface area (TPSA) is 137 Å². The van der Waals surface area contributed by atoms with Crippen LogP contribution in [0.15, 0.2) is 54.9 Å². The Morgan fingerprint density at radius 1 is 1.02 bits per heavy atom. The van der Waals surface area contributed by atoms with E-state index >= 15 is 8.78 Å². The summed E-state index contributed by atoms with van der Waals surface area (Å²) in [7, 11) is -4.34. The van der Waals surface area contributed by atoms with Gasteiger partial charge in [0, 0.05) is 87.0 Å². The molecule has 0 aliphatic carbocycles. The Morgan fingerprint density at radius 2 is 1.75 bits per heavy atom. The summed E-state index contributed by atoms with van der Waals surface area (Å²) >= 11 is 0. The lowest BCUT2D eigenvalue weighted by molar-refractivity contribution is -0.160. The molecule has 2 fully saturated rings. The minimum atomic E-state index is -4.34. The molecule has 1 atom stereocenters. The highest BCUT2D eigenvalue weighted by atomic mass is 32.2. The summed E-state index contributed by atoms with van der Waals surface area (Å²) in [6.07, 6.45) is 2.42. The standard InChI is InChI=1S/C37H43F3N6O6S/c1-37(2,3)52-32(47)23-51-18-4-12-44-14-16-45(17-15-44)27-7-5-24(6-8-27)25-19-28-29(21-42-36(28)41-20-25)35(48)33-30(39)9-10-31(34(33)40)43-53(49,50)46-13-11-26(38)22-46/h5-10,19-21,26,43H,4,11-18,22-23H2,1-3H3,(H,41,42). The third-order valence-electron chi connectivity index (χ3n) is 9.11. The van der Waals surface area contributed by atoms with E-state index in [1.807, 2.05) is 49.8 Å². The maximum atomic E-state index is 15.6. The zero-order valence-corrected chi connectivity index (χ0v) is 30.6. The smallest absolute Gasteiger partial charge is 0.332 e. The number of alkyl halides is 1. The van der Waals surface area contributed by atoms with Crippen molar-refractivity contribution in [1.29, 1.82) is 0 Å². The van der Waals surface area contributed by atoms with Gasteiger partial charge in [0.05, 0.1) is 11.3 Å². The van der Waals surface area contributed by atoms with Crippen LogP contribution in [0.3, 0.4) is 0 Å². The highest BCUT2D eigenvalue weighted by Crippen LogP contribution is 2.31. The second-order valence-electron chi connectivity index (χ2n) is 14.2. The van der Waals surface area contributed by atoms with E-state index in [0.717, 1.165) is 66.8 Å². The molecule has 2 aromatic carbocycles. The number of rotatable bonds is 13. The van der Waals surface area contributed by atoms with Crippen molar-refractivity contribution in [3.63, 3.8) is 0 Å². The first-order chi connectivity index (χ1) is 25.2. The molecule has 53 heavy (non-hydrogen) atoms. The Kier molecular flexibility index (Phi) is 11.4. The number of aromatic amines is 1. The van der Waals surface area contributed by atoms with Gasteiger partial charge in [0.25, 0.3) is 0 Å². The van der Waals surface area contributed by atoms with Gasteiger partial charge in [-0.3, -0.25) is 14.4 Å². The van der Waals surface area contributed by atoms with Gasteiger partial charge in [-0.25, -0.2) is 22.9 Å². The molecule has 1 unspecified atom stereocenters. The van der Waals surface area contributed by atoms with E-state index < -0.39 is 50.7 Å². The quantitative estimate of drug-likeness (QED) is 0.106. The molecule has 16 heteroatoms. The number of benzene rings is 2. The number of esters is 1. The number of pyridine rings is 1. The average Bonchev–Trinajstić information content (AvgIpc) is 3.75. The molecule has 2 aromatic heterocycles.